The number of halogens is 5. The Labute approximate surface area is 164 Å². The monoisotopic (exact) mass is 458 g/mol. The highest BCUT2D eigenvalue weighted by atomic mass is 79.9. The van der Waals surface area contributed by atoms with Gasteiger partial charge in [0.1, 0.15) is 5.82 Å². The minimum Gasteiger partial charge on any atom is -0.298 e. The molecule has 0 fully saturated rings. The molecule has 0 saturated heterocycles. The van der Waals surface area contributed by atoms with Crippen LogP contribution in [0.4, 0.5) is 22.7 Å². The lowest BCUT2D eigenvalue weighted by Crippen LogP contribution is -2.12. The van der Waals surface area contributed by atoms with Crippen molar-refractivity contribution in [3.63, 3.8) is 0 Å². The maximum Gasteiger partial charge on any atom is 0.416 e. The topological polar surface area (TPSA) is 42.0 Å². The van der Waals surface area contributed by atoms with Crippen molar-refractivity contribution in [2.24, 2.45) is 0 Å². The molecular formula is C18H11BrF4N2OS. The summed E-state index contributed by atoms with van der Waals surface area (Å²) in [5.74, 6) is -0.946. The number of hydrogen-bond donors (Lipinski definition) is 1. The van der Waals surface area contributed by atoms with Crippen molar-refractivity contribution in [1.29, 1.82) is 0 Å². The third kappa shape index (κ3) is 4.92. The molecule has 0 radical (unpaired) electrons. The van der Waals surface area contributed by atoms with Gasteiger partial charge in [0, 0.05) is 22.0 Å². The Balaban J connectivity index is 1.71. The molecule has 27 heavy (non-hydrogen) atoms. The van der Waals surface area contributed by atoms with E-state index < -0.39 is 23.5 Å². The molecule has 1 amide bonds. The van der Waals surface area contributed by atoms with Gasteiger partial charge in [0.2, 0.25) is 0 Å². The lowest BCUT2D eigenvalue weighted by molar-refractivity contribution is -0.137. The highest BCUT2D eigenvalue weighted by molar-refractivity contribution is 9.10. The van der Waals surface area contributed by atoms with Crippen LogP contribution in [0.15, 0.2) is 53.1 Å². The summed E-state index contributed by atoms with van der Waals surface area (Å²) in [6.07, 6.45) is -2.64. The Kier molecular flexibility index (Phi) is 5.61. The van der Waals surface area contributed by atoms with Gasteiger partial charge in [0.15, 0.2) is 5.13 Å². The van der Waals surface area contributed by atoms with E-state index in [1.54, 1.807) is 6.07 Å². The van der Waals surface area contributed by atoms with E-state index in [-0.39, 0.29) is 12.0 Å². The van der Waals surface area contributed by atoms with E-state index >= 15 is 0 Å². The summed E-state index contributed by atoms with van der Waals surface area (Å²) >= 11 is 4.28. The standard InChI is InChI=1S/C18H11BrF4N2OS/c19-15-8-12(20)4-5-14(15)16(26)25-17-24-9-13(27-17)7-10-2-1-3-11(6-10)18(21,22)23/h1-6,8-9H,7H2,(H,24,25,26). The van der Waals surface area contributed by atoms with Crippen LogP contribution in [0, 0.1) is 5.82 Å². The third-order valence-corrected chi connectivity index (χ3v) is 5.15. The van der Waals surface area contributed by atoms with Crippen molar-refractivity contribution in [2.45, 2.75) is 12.6 Å². The van der Waals surface area contributed by atoms with Crippen LogP contribution in [0.25, 0.3) is 0 Å². The first-order chi connectivity index (χ1) is 12.7. The smallest absolute Gasteiger partial charge is 0.298 e. The van der Waals surface area contributed by atoms with Gasteiger partial charge in [0.25, 0.3) is 5.91 Å². The van der Waals surface area contributed by atoms with Crippen molar-refractivity contribution in [3.8, 4) is 0 Å². The number of amides is 1. The zero-order valence-electron chi connectivity index (χ0n) is 13.5. The van der Waals surface area contributed by atoms with Crippen LogP contribution >= 0.6 is 27.3 Å². The van der Waals surface area contributed by atoms with Gasteiger partial charge in [-0.05, 0) is 45.8 Å². The zero-order valence-corrected chi connectivity index (χ0v) is 15.9. The van der Waals surface area contributed by atoms with E-state index in [1.807, 2.05) is 0 Å². The number of anilines is 1. The molecule has 0 unspecified atom stereocenters. The van der Waals surface area contributed by atoms with Crippen LogP contribution in [0.2, 0.25) is 0 Å². The summed E-state index contributed by atoms with van der Waals surface area (Å²) in [7, 11) is 0. The fourth-order valence-electron chi connectivity index (χ4n) is 2.34. The Bertz CT molecular complexity index is 987. The number of rotatable bonds is 4. The lowest BCUT2D eigenvalue weighted by atomic mass is 10.1. The molecule has 140 valence electrons. The normalized spacial score (nSPS) is 11.4. The zero-order chi connectivity index (χ0) is 19.6. The summed E-state index contributed by atoms with van der Waals surface area (Å²) in [6, 6.07) is 8.75. The fourth-order valence-corrected chi connectivity index (χ4v) is 3.72. The van der Waals surface area contributed by atoms with Crippen molar-refractivity contribution >= 4 is 38.3 Å². The van der Waals surface area contributed by atoms with Gasteiger partial charge in [-0.3, -0.25) is 10.1 Å². The molecule has 3 aromatic rings. The Morgan fingerprint density at radius 3 is 2.67 bits per heavy atom. The van der Waals surface area contributed by atoms with E-state index in [0.29, 0.717) is 20.0 Å². The van der Waals surface area contributed by atoms with Crippen LogP contribution < -0.4 is 5.32 Å². The third-order valence-electron chi connectivity index (χ3n) is 3.58. The minimum atomic E-state index is -4.40. The number of aromatic nitrogens is 1. The van der Waals surface area contributed by atoms with E-state index in [1.165, 1.54) is 30.5 Å². The maximum atomic E-state index is 13.1. The van der Waals surface area contributed by atoms with E-state index in [4.69, 9.17) is 0 Å². The number of thiazole rings is 1. The summed E-state index contributed by atoms with van der Waals surface area (Å²) < 4.78 is 51.8. The van der Waals surface area contributed by atoms with Crippen LogP contribution in [-0.2, 0) is 12.6 Å². The average Bonchev–Trinajstić information content (AvgIpc) is 3.01. The van der Waals surface area contributed by atoms with Gasteiger partial charge in [-0.1, -0.05) is 18.2 Å². The first kappa shape index (κ1) is 19.5. The van der Waals surface area contributed by atoms with Crippen molar-refractivity contribution in [1.82, 2.24) is 4.98 Å². The Hall–Kier alpha value is -2.26. The van der Waals surface area contributed by atoms with Gasteiger partial charge in [-0.2, -0.15) is 13.2 Å². The van der Waals surface area contributed by atoms with Crippen molar-refractivity contribution in [3.05, 3.63) is 80.5 Å². The van der Waals surface area contributed by atoms with Crippen LogP contribution in [0.1, 0.15) is 26.4 Å². The van der Waals surface area contributed by atoms with Gasteiger partial charge in [-0.25, -0.2) is 9.37 Å². The van der Waals surface area contributed by atoms with Crippen molar-refractivity contribution in [2.75, 3.05) is 5.32 Å². The predicted octanol–water partition coefficient (Wildman–Crippen LogP) is 5.91. The molecule has 3 nitrogen and oxygen atoms in total. The number of nitrogens with one attached hydrogen (secondary N) is 1. The van der Waals surface area contributed by atoms with Gasteiger partial charge in [0.05, 0.1) is 11.1 Å². The second kappa shape index (κ2) is 7.77. The molecule has 0 aliphatic heterocycles. The average molecular weight is 459 g/mol. The second-order valence-corrected chi connectivity index (χ2v) is 7.55. The molecule has 9 heteroatoms. The van der Waals surface area contributed by atoms with E-state index in [2.05, 4.69) is 26.2 Å². The largest absolute Gasteiger partial charge is 0.416 e. The highest BCUT2D eigenvalue weighted by Gasteiger charge is 2.30. The molecule has 0 saturated carbocycles. The fraction of sp³-hybridized carbons (Fsp3) is 0.111. The lowest BCUT2D eigenvalue weighted by Gasteiger charge is -2.07. The first-order valence-electron chi connectivity index (χ1n) is 7.59. The molecule has 0 aliphatic rings. The molecule has 3 rings (SSSR count). The molecule has 2 aromatic carbocycles. The number of hydrogen-bond acceptors (Lipinski definition) is 3. The molecule has 0 atom stereocenters. The van der Waals surface area contributed by atoms with Gasteiger partial charge >= 0.3 is 6.18 Å². The number of benzene rings is 2. The number of nitrogens with zero attached hydrogens (tertiary/aromatic N) is 1. The molecule has 1 aromatic heterocycles. The van der Waals surface area contributed by atoms with Gasteiger partial charge < -0.3 is 0 Å². The second-order valence-electron chi connectivity index (χ2n) is 5.58. The molecular weight excluding hydrogens is 448 g/mol. The summed E-state index contributed by atoms with van der Waals surface area (Å²) in [4.78, 5) is 17.0. The molecule has 0 bridgehead atoms. The summed E-state index contributed by atoms with van der Waals surface area (Å²) in [5, 5.41) is 2.90. The SMILES string of the molecule is O=C(Nc1ncc(Cc2cccc(C(F)(F)F)c2)s1)c1ccc(F)cc1Br. The Morgan fingerprint density at radius 2 is 1.96 bits per heavy atom. The maximum absolute atomic E-state index is 13.1. The minimum absolute atomic E-state index is 0.242. The predicted molar refractivity (Wildman–Crippen MR) is 98.4 cm³/mol. The van der Waals surface area contributed by atoms with Crippen LogP contribution in [0.3, 0.4) is 0 Å². The van der Waals surface area contributed by atoms with Gasteiger partial charge in [-0.15, -0.1) is 11.3 Å². The number of carbonyl (C=O) groups excluding carboxylic acids is 1. The molecule has 1 heterocycles. The van der Waals surface area contributed by atoms with E-state index in [9.17, 15) is 22.4 Å². The van der Waals surface area contributed by atoms with Crippen LogP contribution in [0.5, 0.6) is 0 Å². The van der Waals surface area contributed by atoms with Crippen molar-refractivity contribution < 1.29 is 22.4 Å². The van der Waals surface area contributed by atoms with Crippen LogP contribution in [-0.4, -0.2) is 10.9 Å². The number of alkyl halides is 3. The summed E-state index contributed by atoms with van der Waals surface area (Å²) in [6.45, 7) is 0. The Morgan fingerprint density at radius 1 is 1.19 bits per heavy atom. The van der Waals surface area contributed by atoms with E-state index in [0.717, 1.165) is 23.5 Å². The molecule has 0 aliphatic carbocycles. The molecule has 1 N–H and O–H groups in total. The first-order valence-corrected chi connectivity index (χ1v) is 9.20. The quantitative estimate of drug-likeness (QED) is 0.494. The highest BCUT2D eigenvalue weighted by Crippen LogP contribution is 2.30. The number of carbonyl (C=O) groups is 1. The summed E-state index contributed by atoms with van der Waals surface area (Å²) in [5.41, 5.74) is 0.0258. The molecule has 0 spiro atoms.